The number of aromatic nitrogens is 5. The SMILES string of the molecule is COCCn1cnc2c(c1=O)c1nc3ccccc3nc1n2/N=C\c1ccc(F)cc1. The minimum absolute atomic E-state index is 0.243. The van der Waals surface area contributed by atoms with E-state index in [9.17, 15) is 9.18 Å². The fraction of sp³-hybridized carbons (Fsp3) is 0.136. The number of para-hydroxylation sites is 2. The standard InChI is InChI=1S/C22H17FN6O2/c1-31-11-10-28-13-24-20-18(22(28)30)19-21(27-17-5-3-2-4-16(17)26-19)29(20)25-12-14-6-8-15(23)9-7-14/h2-9,12-13H,10-11H2,1H3/b25-12-. The third-order valence-electron chi connectivity index (χ3n) is 4.94. The zero-order chi connectivity index (χ0) is 21.4. The molecule has 0 fully saturated rings. The lowest BCUT2D eigenvalue weighted by atomic mass is 10.2. The minimum atomic E-state index is -0.329. The number of nitrogens with zero attached hydrogens (tertiary/aromatic N) is 6. The Morgan fingerprint density at radius 3 is 2.55 bits per heavy atom. The molecule has 0 radical (unpaired) electrons. The number of hydrogen-bond acceptors (Lipinski definition) is 6. The molecule has 0 saturated heterocycles. The lowest BCUT2D eigenvalue weighted by molar-refractivity contribution is 0.186. The molecule has 5 aromatic rings. The van der Waals surface area contributed by atoms with E-state index >= 15 is 0 Å². The normalized spacial score (nSPS) is 11.9. The van der Waals surface area contributed by atoms with Gasteiger partial charge in [0.2, 0.25) is 0 Å². The minimum Gasteiger partial charge on any atom is -0.383 e. The van der Waals surface area contributed by atoms with E-state index in [-0.39, 0.29) is 11.4 Å². The van der Waals surface area contributed by atoms with Crippen molar-refractivity contribution in [3.05, 3.63) is 76.6 Å². The summed E-state index contributed by atoms with van der Waals surface area (Å²) in [5.74, 6) is -0.329. The van der Waals surface area contributed by atoms with Crippen LogP contribution >= 0.6 is 0 Å². The Balaban J connectivity index is 1.79. The molecule has 0 atom stereocenters. The van der Waals surface area contributed by atoms with Crippen LogP contribution in [0.5, 0.6) is 0 Å². The van der Waals surface area contributed by atoms with Gasteiger partial charge in [0.05, 0.1) is 30.4 Å². The highest BCUT2D eigenvalue weighted by atomic mass is 19.1. The van der Waals surface area contributed by atoms with Crippen LogP contribution in [0.1, 0.15) is 5.56 Å². The quantitative estimate of drug-likeness (QED) is 0.411. The third kappa shape index (κ3) is 3.34. The van der Waals surface area contributed by atoms with E-state index in [0.29, 0.717) is 51.9 Å². The molecular formula is C22H17FN6O2. The lowest BCUT2D eigenvalue weighted by Gasteiger charge is -2.04. The molecule has 8 nitrogen and oxygen atoms in total. The van der Waals surface area contributed by atoms with E-state index in [1.807, 2.05) is 24.3 Å². The molecule has 0 unspecified atom stereocenters. The number of ether oxygens (including phenoxy) is 1. The molecule has 31 heavy (non-hydrogen) atoms. The van der Waals surface area contributed by atoms with Gasteiger partial charge in [0, 0.05) is 7.11 Å². The first-order chi connectivity index (χ1) is 15.2. The van der Waals surface area contributed by atoms with E-state index < -0.39 is 0 Å². The predicted octanol–water partition coefficient (Wildman–Crippen LogP) is 2.96. The van der Waals surface area contributed by atoms with Gasteiger partial charge in [-0.05, 0) is 29.8 Å². The third-order valence-corrected chi connectivity index (χ3v) is 4.94. The average Bonchev–Trinajstić information content (AvgIpc) is 3.10. The van der Waals surface area contributed by atoms with Gasteiger partial charge >= 0.3 is 0 Å². The Labute approximate surface area is 175 Å². The van der Waals surface area contributed by atoms with E-state index in [1.165, 1.54) is 27.7 Å². The summed E-state index contributed by atoms with van der Waals surface area (Å²) in [4.78, 5) is 27.0. The Kier molecular flexibility index (Phi) is 4.72. The molecule has 0 aliphatic heterocycles. The maximum atomic E-state index is 13.2. The average molecular weight is 416 g/mol. The van der Waals surface area contributed by atoms with Crippen molar-refractivity contribution in [3.63, 3.8) is 0 Å². The molecule has 0 bridgehead atoms. The Hall–Kier alpha value is -3.98. The number of methoxy groups -OCH3 is 1. The number of fused-ring (bicyclic) bond motifs is 4. The van der Waals surface area contributed by atoms with Crippen LogP contribution in [0.2, 0.25) is 0 Å². The Morgan fingerprint density at radius 1 is 1.06 bits per heavy atom. The van der Waals surface area contributed by atoms with Crippen LogP contribution in [0, 0.1) is 5.82 Å². The second kappa shape index (κ2) is 7.69. The zero-order valence-electron chi connectivity index (χ0n) is 16.6. The first-order valence-corrected chi connectivity index (χ1v) is 9.61. The maximum Gasteiger partial charge on any atom is 0.265 e. The van der Waals surface area contributed by atoms with Gasteiger partial charge in [-0.15, -0.1) is 0 Å². The molecule has 0 saturated carbocycles. The molecule has 0 amide bonds. The van der Waals surface area contributed by atoms with Crippen LogP contribution in [-0.4, -0.2) is 44.1 Å². The second-order valence-corrected chi connectivity index (χ2v) is 6.93. The molecule has 0 spiro atoms. The van der Waals surface area contributed by atoms with Crippen LogP contribution in [0.15, 0.2) is 64.8 Å². The van der Waals surface area contributed by atoms with Gasteiger partial charge in [-0.1, -0.05) is 24.3 Å². The largest absolute Gasteiger partial charge is 0.383 e. The number of halogens is 1. The van der Waals surface area contributed by atoms with Crippen molar-refractivity contribution >= 4 is 39.4 Å². The van der Waals surface area contributed by atoms with Gasteiger partial charge in [0.1, 0.15) is 23.0 Å². The van der Waals surface area contributed by atoms with Crippen molar-refractivity contribution in [2.24, 2.45) is 5.10 Å². The first-order valence-electron chi connectivity index (χ1n) is 9.61. The monoisotopic (exact) mass is 416 g/mol. The molecule has 0 N–H and O–H groups in total. The molecule has 5 rings (SSSR count). The highest BCUT2D eigenvalue weighted by Gasteiger charge is 2.19. The van der Waals surface area contributed by atoms with Crippen LogP contribution in [0.3, 0.4) is 0 Å². The fourth-order valence-corrected chi connectivity index (χ4v) is 3.39. The maximum absolute atomic E-state index is 13.2. The van der Waals surface area contributed by atoms with E-state index in [2.05, 4.69) is 20.1 Å². The Bertz CT molecular complexity index is 1500. The molecule has 3 aromatic heterocycles. The van der Waals surface area contributed by atoms with Gasteiger partial charge in [-0.3, -0.25) is 9.36 Å². The van der Waals surface area contributed by atoms with Crippen LogP contribution in [-0.2, 0) is 11.3 Å². The molecule has 9 heteroatoms. The molecule has 2 aromatic carbocycles. The van der Waals surface area contributed by atoms with Crippen LogP contribution in [0.4, 0.5) is 4.39 Å². The predicted molar refractivity (Wildman–Crippen MR) is 116 cm³/mol. The van der Waals surface area contributed by atoms with E-state index in [1.54, 1.807) is 25.5 Å². The summed E-state index contributed by atoms with van der Waals surface area (Å²) in [5.41, 5.74) is 2.99. The summed E-state index contributed by atoms with van der Waals surface area (Å²) in [7, 11) is 1.57. The van der Waals surface area contributed by atoms with Gasteiger partial charge in [-0.25, -0.2) is 19.3 Å². The number of rotatable bonds is 5. The topological polar surface area (TPSA) is 87.2 Å². The summed E-state index contributed by atoms with van der Waals surface area (Å²) < 4.78 is 21.3. The fourth-order valence-electron chi connectivity index (χ4n) is 3.39. The first kappa shape index (κ1) is 19.0. The summed E-state index contributed by atoms with van der Waals surface area (Å²) >= 11 is 0. The summed E-state index contributed by atoms with van der Waals surface area (Å²) in [6.07, 6.45) is 3.03. The molecule has 3 heterocycles. The summed E-state index contributed by atoms with van der Waals surface area (Å²) in [6, 6.07) is 13.3. The van der Waals surface area contributed by atoms with Crippen molar-refractivity contribution in [1.29, 1.82) is 0 Å². The number of hydrogen-bond donors (Lipinski definition) is 0. The summed E-state index contributed by atoms with van der Waals surface area (Å²) in [6.45, 7) is 0.744. The van der Waals surface area contributed by atoms with Crippen LogP contribution < -0.4 is 5.56 Å². The highest BCUT2D eigenvalue weighted by Crippen LogP contribution is 2.24. The molecule has 0 aliphatic rings. The lowest BCUT2D eigenvalue weighted by Crippen LogP contribution is -2.22. The molecular weight excluding hydrogens is 399 g/mol. The van der Waals surface area contributed by atoms with Crippen molar-refractivity contribution < 1.29 is 9.13 Å². The number of benzene rings is 2. The second-order valence-electron chi connectivity index (χ2n) is 6.93. The van der Waals surface area contributed by atoms with Crippen LogP contribution in [0.25, 0.3) is 33.2 Å². The van der Waals surface area contributed by atoms with E-state index in [0.717, 1.165) is 0 Å². The van der Waals surface area contributed by atoms with Gasteiger partial charge in [0.25, 0.3) is 5.56 Å². The van der Waals surface area contributed by atoms with Gasteiger partial charge in [0.15, 0.2) is 11.3 Å². The highest BCUT2D eigenvalue weighted by molar-refractivity contribution is 6.04. The Morgan fingerprint density at radius 2 is 1.81 bits per heavy atom. The van der Waals surface area contributed by atoms with Crippen molar-refractivity contribution in [1.82, 2.24) is 24.2 Å². The van der Waals surface area contributed by atoms with E-state index in [4.69, 9.17) is 4.74 Å². The van der Waals surface area contributed by atoms with Crippen molar-refractivity contribution in [3.8, 4) is 0 Å². The molecule has 154 valence electrons. The van der Waals surface area contributed by atoms with Crippen molar-refractivity contribution in [2.75, 3.05) is 13.7 Å². The van der Waals surface area contributed by atoms with Crippen molar-refractivity contribution in [2.45, 2.75) is 6.54 Å². The molecule has 0 aliphatic carbocycles. The zero-order valence-corrected chi connectivity index (χ0v) is 16.6. The smallest absolute Gasteiger partial charge is 0.265 e. The van der Waals surface area contributed by atoms with Gasteiger partial charge < -0.3 is 4.74 Å². The van der Waals surface area contributed by atoms with Gasteiger partial charge in [-0.2, -0.15) is 9.78 Å². The summed E-state index contributed by atoms with van der Waals surface area (Å²) in [5, 5.41) is 4.83.